The van der Waals surface area contributed by atoms with Gasteiger partial charge in [0.25, 0.3) is 5.91 Å². The summed E-state index contributed by atoms with van der Waals surface area (Å²) in [5.74, 6) is 0.806. The van der Waals surface area contributed by atoms with Gasteiger partial charge in [-0.3, -0.25) is 9.69 Å². The van der Waals surface area contributed by atoms with Crippen molar-refractivity contribution in [3.05, 3.63) is 27.7 Å². The third-order valence-corrected chi connectivity index (χ3v) is 4.49. The molecule has 124 valence electrons. The fourth-order valence-corrected chi connectivity index (χ4v) is 3.47. The molecule has 1 aliphatic heterocycles. The fraction of sp³-hybridized carbons (Fsp3) is 0.529. The Balaban J connectivity index is 1.84. The van der Waals surface area contributed by atoms with Gasteiger partial charge < -0.3 is 9.64 Å². The molecule has 0 bridgehead atoms. The van der Waals surface area contributed by atoms with Crippen LogP contribution in [0, 0.1) is 25.2 Å². The van der Waals surface area contributed by atoms with Crippen molar-refractivity contribution in [2.45, 2.75) is 20.3 Å². The Kier molecular flexibility index (Phi) is 6.43. The van der Waals surface area contributed by atoms with Crippen LogP contribution < -0.4 is 4.74 Å². The number of hydrogen-bond acceptors (Lipinski definition) is 4. The van der Waals surface area contributed by atoms with Gasteiger partial charge in [0.1, 0.15) is 5.75 Å². The molecule has 6 heteroatoms. The molecule has 0 aromatic heterocycles. The molecule has 0 spiro atoms. The number of carbonyl (C=O) groups excluding carboxylic acids is 1. The third kappa shape index (κ3) is 4.95. The molecule has 23 heavy (non-hydrogen) atoms. The van der Waals surface area contributed by atoms with Crippen LogP contribution in [0.2, 0.25) is 0 Å². The number of aryl methyl sites for hydroxylation is 2. The first-order valence-electron chi connectivity index (χ1n) is 7.78. The van der Waals surface area contributed by atoms with Crippen molar-refractivity contribution in [1.29, 1.82) is 5.26 Å². The predicted octanol–water partition coefficient (Wildman–Crippen LogP) is 2.50. The second kappa shape index (κ2) is 8.32. The lowest BCUT2D eigenvalue weighted by Gasteiger charge is -2.34. The molecule has 1 heterocycles. The number of nitrogens with zero attached hydrogens (tertiary/aromatic N) is 3. The highest BCUT2D eigenvalue weighted by atomic mass is 79.9. The summed E-state index contributed by atoms with van der Waals surface area (Å²) in [7, 11) is 0. The summed E-state index contributed by atoms with van der Waals surface area (Å²) in [6.07, 6.45) is 0.541. The maximum atomic E-state index is 12.3. The van der Waals surface area contributed by atoms with Crippen molar-refractivity contribution in [2.24, 2.45) is 0 Å². The Morgan fingerprint density at radius 3 is 2.43 bits per heavy atom. The van der Waals surface area contributed by atoms with Gasteiger partial charge in [-0.25, -0.2) is 0 Å². The molecule has 1 aliphatic rings. The molecule has 0 atom stereocenters. The predicted molar refractivity (Wildman–Crippen MR) is 92.4 cm³/mol. The van der Waals surface area contributed by atoms with Gasteiger partial charge in [0.15, 0.2) is 6.61 Å². The van der Waals surface area contributed by atoms with E-state index >= 15 is 0 Å². The summed E-state index contributed by atoms with van der Waals surface area (Å²) >= 11 is 3.46. The first-order chi connectivity index (χ1) is 11.0. The summed E-state index contributed by atoms with van der Waals surface area (Å²) in [5, 5.41) is 8.62. The normalized spacial score (nSPS) is 15.3. The number of benzene rings is 1. The molecular weight excluding hydrogens is 358 g/mol. The van der Waals surface area contributed by atoms with Crippen molar-refractivity contribution in [2.75, 3.05) is 39.3 Å². The standard InChI is InChI=1S/C17H22BrN3O2/c1-13-10-15(18)11-14(2)17(13)23-12-16(22)21-8-6-20(7-9-21)5-3-4-19/h10-11H,3,5-9,12H2,1-2H3. The molecule has 1 saturated heterocycles. The van der Waals surface area contributed by atoms with Gasteiger partial charge in [-0.1, -0.05) is 15.9 Å². The van der Waals surface area contributed by atoms with Crippen LogP contribution in [0.3, 0.4) is 0 Å². The smallest absolute Gasteiger partial charge is 0.260 e. The van der Waals surface area contributed by atoms with E-state index in [0.29, 0.717) is 19.5 Å². The maximum Gasteiger partial charge on any atom is 0.260 e. The zero-order chi connectivity index (χ0) is 16.8. The monoisotopic (exact) mass is 379 g/mol. The quantitative estimate of drug-likeness (QED) is 0.788. The van der Waals surface area contributed by atoms with Gasteiger partial charge in [0, 0.05) is 43.6 Å². The van der Waals surface area contributed by atoms with Crippen LogP contribution >= 0.6 is 15.9 Å². The van der Waals surface area contributed by atoms with Crippen molar-refractivity contribution < 1.29 is 9.53 Å². The molecule has 1 fully saturated rings. The maximum absolute atomic E-state index is 12.3. The Bertz CT molecular complexity index is 581. The Morgan fingerprint density at radius 2 is 1.87 bits per heavy atom. The summed E-state index contributed by atoms with van der Waals surface area (Å²) in [5.41, 5.74) is 2.04. The second-order valence-electron chi connectivity index (χ2n) is 5.79. The van der Waals surface area contributed by atoms with E-state index in [2.05, 4.69) is 26.9 Å². The van der Waals surface area contributed by atoms with Crippen LogP contribution in [0.5, 0.6) is 5.75 Å². The molecule has 1 aromatic carbocycles. The minimum Gasteiger partial charge on any atom is -0.483 e. The summed E-state index contributed by atoms with van der Waals surface area (Å²) in [6.45, 7) is 7.86. The Morgan fingerprint density at radius 1 is 1.26 bits per heavy atom. The average Bonchev–Trinajstić information content (AvgIpc) is 2.52. The molecule has 1 amide bonds. The van der Waals surface area contributed by atoms with E-state index in [-0.39, 0.29) is 12.5 Å². The number of rotatable bonds is 5. The third-order valence-electron chi connectivity index (χ3n) is 4.03. The van der Waals surface area contributed by atoms with Crippen LogP contribution in [0.25, 0.3) is 0 Å². The highest BCUT2D eigenvalue weighted by Crippen LogP contribution is 2.27. The highest BCUT2D eigenvalue weighted by molar-refractivity contribution is 9.10. The van der Waals surface area contributed by atoms with E-state index in [0.717, 1.165) is 41.0 Å². The van der Waals surface area contributed by atoms with E-state index in [1.807, 2.05) is 30.9 Å². The minimum atomic E-state index is 0.0200. The number of amides is 1. The van der Waals surface area contributed by atoms with E-state index in [4.69, 9.17) is 10.00 Å². The molecule has 2 rings (SSSR count). The Labute approximate surface area is 145 Å². The summed E-state index contributed by atoms with van der Waals surface area (Å²) < 4.78 is 6.77. The minimum absolute atomic E-state index is 0.0200. The number of ether oxygens (including phenoxy) is 1. The summed E-state index contributed by atoms with van der Waals surface area (Å²) in [6, 6.07) is 6.13. The van der Waals surface area contributed by atoms with Crippen molar-refractivity contribution in [1.82, 2.24) is 9.80 Å². The number of hydrogen-bond donors (Lipinski definition) is 0. The first kappa shape index (κ1) is 17.8. The van der Waals surface area contributed by atoms with E-state index in [9.17, 15) is 4.79 Å². The largest absolute Gasteiger partial charge is 0.483 e. The molecule has 0 aliphatic carbocycles. The highest BCUT2D eigenvalue weighted by Gasteiger charge is 2.21. The number of piperazine rings is 1. The van der Waals surface area contributed by atoms with Crippen LogP contribution in [-0.4, -0.2) is 55.0 Å². The van der Waals surface area contributed by atoms with Gasteiger partial charge >= 0.3 is 0 Å². The Hall–Kier alpha value is -1.58. The van der Waals surface area contributed by atoms with Gasteiger partial charge in [-0.2, -0.15) is 5.26 Å². The van der Waals surface area contributed by atoms with E-state index in [1.165, 1.54) is 0 Å². The van der Waals surface area contributed by atoms with Gasteiger partial charge in [0.2, 0.25) is 0 Å². The summed E-state index contributed by atoms with van der Waals surface area (Å²) in [4.78, 5) is 16.4. The number of nitriles is 1. The number of carbonyl (C=O) groups is 1. The van der Waals surface area contributed by atoms with Crippen LogP contribution in [0.15, 0.2) is 16.6 Å². The molecule has 1 aromatic rings. The van der Waals surface area contributed by atoms with Crippen LogP contribution in [0.4, 0.5) is 0 Å². The lowest BCUT2D eigenvalue weighted by molar-refractivity contribution is -0.135. The van der Waals surface area contributed by atoms with Crippen LogP contribution in [-0.2, 0) is 4.79 Å². The van der Waals surface area contributed by atoms with Crippen molar-refractivity contribution >= 4 is 21.8 Å². The molecule has 0 unspecified atom stereocenters. The lowest BCUT2D eigenvalue weighted by atomic mass is 10.1. The number of halogens is 1. The average molecular weight is 380 g/mol. The van der Waals surface area contributed by atoms with Crippen LogP contribution in [0.1, 0.15) is 17.5 Å². The second-order valence-corrected chi connectivity index (χ2v) is 6.70. The molecular formula is C17H22BrN3O2. The molecule has 0 radical (unpaired) electrons. The lowest BCUT2D eigenvalue weighted by Crippen LogP contribution is -2.50. The van der Waals surface area contributed by atoms with Gasteiger partial charge in [0.05, 0.1) is 6.07 Å². The topological polar surface area (TPSA) is 56.6 Å². The van der Waals surface area contributed by atoms with Crippen molar-refractivity contribution in [3.63, 3.8) is 0 Å². The van der Waals surface area contributed by atoms with Gasteiger partial charge in [-0.15, -0.1) is 0 Å². The zero-order valence-electron chi connectivity index (χ0n) is 13.6. The first-order valence-corrected chi connectivity index (χ1v) is 8.57. The van der Waals surface area contributed by atoms with E-state index in [1.54, 1.807) is 0 Å². The molecule has 5 nitrogen and oxygen atoms in total. The van der Waals surface area contributed by atoms with Crippen molar-refractivity contribution in [3.8, 4) is 11.8 Å². The SMILES string of the molecule is Cc1cc(Br)cc(C)c1OCC(=O)N1CCN(CCC#N)CC1. The molecule has 0 saturated carbocycles. The van der Waals surface area contributed by atoms with E-state index < -0.39 is 0 Å². The fourth-order valence-electron chi connectivity index (χ4n) is 2.78. The zero-order valence-corrected chi connectivity index (χ0v) is 15.2. The molecule has 0 N–H and O–H groups in total. The van der Waals surface area contributed by atoms with Gasteiger partial charge in [-0.05, 0) is 37.1 Å².